The molecule has 3 aromatic rings. The van der Waals surface area contributed by atoms with Gasteiger partial charge in [-0.1, -0.05) is 37.3 Å². The summed E-state index contributed by atoms with van der Waals surface area (Å²) < 4.78 is 1.73. The summed E-state index contributed by atoms with van der Waals surface area (Å²) in [4.78, 5) is 31.1. The quantitative estimate of drug-likeness (QED) is 0.690. The van der Waals surface area contributed by atoms with Gasteiger partial charge < -0.3 is 5.73 Å². The highest BCUT2D eigenvalue weighted by molar-refractivity contribution is 7.19. The van der Waals surface area contributed by atoms with E-state index in [-0.39, 0.29) is 17.9 Å². The lowest BCUT2D eigenvalue weighted by Crippen LogP contribution is -2.26. The third-order valence-corrected chi connectivity index (χ3v) is 5.41. The second-order valence-electron chi connectivity index (χ2n) is 6.38. The van der Waals surface area contributed by atoms with E-state index in [0.717, 1.165) is 39.5 Å². The number of hydrogen-bond donors (Lipinski definition) is 1. The van der Waals surface area contributed by atoms with E-state index in [1.807, 2.05) is 37.3 Å². The number of nitrogens with two attached hydrogens (primary N) is 1. The highest BCUT2D eigenvalue weighted by Crippen LogP contribution is 2.35. The van der Waals surface area contributed by atoms with Crippen molar-refractivity contribution in [2.24, 2.45) is 5.73 Å². The summed E-state index contributed by atoms with van der Waals surface area (Å²) in [6, 6.07) is 9.95. The van der Waals surface area contributed by atoms with Gasteiger partial charge in [0.05, 0.1) is 5.39 Å². The molecule has 136 valence electrons. The number of primary amides is 1. The Morgan fingerprint density at radius 2 is 2.00 bits per heavy atom. The molecular formula is C20H23N3O2S. The monoisotopic (exact) mass is 369 g/mol. The lowest BCUT2D eigenvalue weighted by molar-refractivity contribution is -0.118. The van der Waals surface area contributed by atoms with Gasteiger partial charge in [-0.3, -0.25) is 14.2 Å². The minimum absolute atomic E-state index is 0.0221. The normalized spacial score (nSPS) is 11.2. The molecule has 3 rings (SSSR count). The van der Waals surface area contributed by atoms with Crippen molar-refractivity contribution in [1.82, 2.24) is 9.55 Å². The van der Waals surface area contributed by atoms with Crippen LogP contribution in [0, 0.1) is 6.92 Å². The summed E-state index contributed by atoms with van der Waals surface area (Å²) in [7, 11) is 0. The molecule has 2 aromatic heterocycles. The Bertz CT molecular complexity index is 990. The molecular weight excluding hydrogens is 346 g/mol. The summed E-state index contributed by atoms with van der Waals surface area (Å²) in [5, 5.41) is 0.678. The molecule has 2 N–H and O–H groups in total. The zero-order chi connectivity index (χ0) is 18.7. The van der Waals surface area contributed by atoms with Gasteiger partial charge in [-0.2, -0.15) is 0 Å². The number of hydrogen-bond acceptors (Lipinski definition) is 4. The maximum absolute atomic E-state index is 13.3. The molecule has 0 aliphatic carbocycles. The summed E-state index contributed by atoms with van der Waals surface area (Å²) in [5.41, 5.74) is 7.22. The number of nitrogens with zero attached hydrogens (tertiary/aromatic N) is 2. The standard InChI is InChI=1S/C20H23N3O2S/c1-3-8-16-22-19-18(20(25)23(16)12-7-11-15(21)24)17(13(2)26-19)14-9-5-4-6-10-14/h4-6,9-10H,3,7-8,11-12H2,1-2H3,(H2,21,24). The first-order valence-electron chi connectivity index (χ1n) is 8.89. The highest BCUT2D eigenvalue weighted by atomic mass is 32.1. The van der Waals surface area contributed by atoms with Crippen LogP contribution in [0.15, 0.2) is 35.1 Å². The molecule has 0 saturated heterocycles. The van der Waals surface area contributed by atoms with E-state index in [0.29, 0.717) is 18.4 Å². The molecule has 0 fully saturated rings. The molecule has 1 amide bonds. The Labute approximate surface area is 156 Å². The predicted molar refractivity (Wildman–Crippen MR) is 106 cm³/mol. The van der Waals surface area contributed by atoms with E-state index in [2.05, 4.69) is 6.92 Å². The largest absolute Gasteiger partial charge is 0.370 e. The zero-order valence-electron chi connectivity index (χ0n) is 15.1. The molecule has 0 atom stereocenters. The fourth-order valence-electron chi connectivity index (χ4n) is 3.25. The van der Waals surface area contributed by atoms with E-state index < -0.39 is 0 Å². The Balaban J connectivity index is 2.18. The van der Waals surface area contributed by atoms with E-state index >= 15 is 0 Å². The van der Waals surface area contributed by atoms with Crippen molar-refractivity contribution < 1.29 is 4.79 Å². The van der Waals surface area contributed by atoms with Gasteiger partial charge in [0.2, 0.25) is 5.91 Å². The third-order valence-electron chi connectivity index (χ3n) is 4.41. The van der Waals surface area contributed by atoms with Crippen LogP contribution in [0.5, 0.6) is 0 Å². The van der Waals surface area contributed by atoms with Gasteiger partial charge in [-0.25, -0.2) is 4.98 Å². The molecule has 0 radical (unpaired) electrons. The molecule has 2 heterocycles. The topological polar surface area (TPSA) is 78.0 Å². The number of fused-ring (bicyclic) bond motifs is 1. The first-order chi connectivity index (χ1) is 12.5. The van der Waals surface area contributed by atoms with Crippen molar-refractivity contribution in [1.29, 1.82) is 0 Å². The number of amides is 1. The highest BCUT2D eigenvalue weighted by Gasteiger charge is 2.19. The smallest absolute Gasteiger partial charge is 0.262 e. The number of aromatic nitrogens is 2. The van der Waals surface area contributed by atoms with Crippen molar-refractivity contribution in [2.75, 3.05) is 0 Å². The first-order valence-corrected chi connectivity index (χ1v) is 9.71. The molecule has 0 aliphatic heterocycles. The van der Waals surface area contributed by atoms with Gasteiger partial charge in [0.1, 0.15) is 10.7 Å². The predicted octanol–water partition coefficient (Wildman–Crippen LogP) is 3.65. The molecule has 0 spiro atoms. The van der Waals surface area contributed by atoms with E-state index in [9.17, 15) is 9.59 Å². The molecule has 0 unspecified atom stereocenters. The Morgan fingerprint density at radius 1 is 1.27 bits per heavy atom. The fourth-order valence-corrected chi connectivity index (χ4v) is 4.30. The van der Waals surface area contributed by atoms with Crippen molar-refractivity contribution in [2.45, 2.75) is 46.1 Å². The number of aryl methyl sites for hydroxylation is 2. The van der Waals surface area contributed by atoms with Crippen molar-refractivity contribution in [3.05, 3.63) is 51.4 Å². The summed E-state index contributed by atoms with van der Waals surface area (Å²) in [6.07, 6.45) is 2.45. The van der Waals surface area contributed by atoms with Gasteiger partial charge in [-0.05, 0) is 25.3 Å². The first kappa shape index (κ1) is 18.3. The molecule has 0 aliphatic rings. The minimum Gasteiger partial charge on any atom is -0.370 e. The summed E-state index contributed by atoms with van der Waals surface area (Å²) in [6.45, 7) is 4.56. The number of benzene rings is 1. The Morgan fingerprint density at radius 3 is 2.65 bits per heavy atom. The molecule has 6 heteroatoms. The van der Waals surface area contributed by atoms with Crippen molar-refractivity contribution in [3.8, 4) is 11.1 Å². The average molecular weight is 369 g/mol. The lowest BCUT2D eigenvalue weighted by atomic mass is 10.0. The van der Waals surface area contributed by atoms with Crippen LogP contribution in [0.25, 0.3) is 21.3 Å². The maximum Gasteiger partial charge on any atom is 0.262 e. The second-order valence-corrected chi connectivity index (χ2v) is 7.59. The van der Waals surface area contributed by atoms with E-state index in [4.69, 9.17) is 10.7 Å². The molecule has 1 aromatic carbocycles. The van der Waals surface area contributed by atoms with Crippen LogP contribution in [0.2, 0.25) is 0 Å². The second kappa shape index (κ2) is 7.83. The minimum atomic E-state index is -0.347. The molecule has 0 saturated carbocycles. The van der Waals surface area contributed by atoms with Crippen molar-refractivity contribution >= 4 is 27.5 Å². The van der Waals surface area contributed by atoms with Gasteiger partial charge in [-0.15, -0.1) is 11.3 Å². The SMILES string of the molecule is CCCc1nc2sc(C)c(-c3ccccc3)c2c(=O)n1CCCC(N)=O. The van der Waals surface area contributed by atoms with E-state index in [1.54, 1.807) is 15.9 Å². The molecule has 0 bridgehead atoms. The Hall–Kier alpha value is -2.47. The Kier molecular flexibility index (Phi) is 5.52. The summed E-state index contributed by atoms with van der Waals surface area (Å²) in [5.74, 6) is 0.441. The van der Waals surface area contributed by atoms with Crippen LogP contribution in [0.4, 0.5) is 0 Å². The zero-order valence-corrected chi connectivity index (χ0v) is 15.9. The lowest BCUT2D eigenvalue weighted by Gasteiger charge is -2.12. The van der Waals surface area contributed by atoms with Gasteiger partial charge in [0, 0.05) is 29.8 Å². The maximum atomic E-state index is 13.3. The summed E-state index contributed by atoms with van der Waals surface area (Å²) >= 11 is 1.57. The number of rotatable bonds is 7. The molecule has 5 nitrogen and oxygen atoms in total. The van der Waals surface area contributed by atoms with Crippen LogP contribution < -0.4 is 11.3 Å². The van der Waals surface area contributed by atoms with Gasteiger partial charge in [0.25, 0.3) is 5.56 Å². The van der Waals surface area contributed by atoms with Crippen LogP contribution in [0.3, 0.4) is 0 Å². The van der Waals surface area contributed by atoms with Crippen LogP contribution in [-0.4, -0.2) is 15.5 Å². The number of carbonyl (C=O) groups excluding carboxylic acids is 1. The fraction of sp³-hybridized carbons (Fsp3) is 0.350. The number of carbonyl (C=O) groups is 1. The van der Waals surface area contributed by atoms with Crippen molar-refractivity contribution in [3.63, 3.8) is 0 Å². The van der Waals surface area contributed by atoms with Gasteiger partial charge in [0.15, 0.2) is 0 Å². The third kappa shape index (κ3) is 3.55. The average Bonchev–Trinajstić information content (AvgIpc) is 2.94. The van der Waals surface area contributed by atoms with Crippen LogP contribution >= 0.6 is 11.3 Å². The van der Waals surface area contributed by atoms with Crippen LogP contribution in [-0.2, 0) is 17.8 Å². The number of thiophene rings is 1. The van der Waals surface area contributed by atoms with Crippen LogP contribution in [0.1, 0.15) is 36.9 Å². The van der Waals surface area contributed by atoms with E-state index in [1.165, 1.54) is 0 Å². The molecule has 26 heavy (non-hydrogen) atoms. The van der Waals surface area contributed by atoms with Gasteiger partial charge >= 0.3 is 0 Å².